The summed E-state index contributed by atoms with van der Waals surface area (Å²) in [4.78, 5) is 23.0. The minimum atomic E-state index is 0.133. The topological polar surface area (TPSA) is 36.4 Å². The molecular weight excluding hydrogens is 434 g/mol. The van der Waals surface area contributed by atoms with Gasteiger partial charge in [0.1, 0.15) is 5.52 Å². The zero-order chi connectivity index (χ0) is 21.5. The molecule has 0 aliphatic heterocycles. The third-order valence-corrected chi connectivity index (χ3v) is 7.15. The molecule has 0 saturated carbocycles. The van der Waals surface area contributed by atoms with Crippen LogP contribution < -0.4 is 4.90 Å². The zero-order valence-electron chi connectivity index (χ0n) is 17.7. The first kappa shape index (κ1) is 23.1. The van der Waals surface area contributed by atoms with Gasteiger partial charge < -0.3 is 4.90 Å². The summed E-state index contributed by atoms with van der Waals surface area (Å²) in [5.41, 5.74) is 2.04. The summed E-state index contributed by atoms with van der Waals surface area (Å²) < 4.78 is 1.01. The van der Waals surface area contributed by atoms with Gasteiger partial charge in [-0.25, -0.2) is 4.98 Å². The van der Waals surface area contributed by atoms with Crippen molar-refractivity contribution in [3.63, 3.8) is 0 Å². The molecule has 160 valence electrons. The SMILES string of the molecule is Cc1ccc(SCCCC(=O)N(CCCN(C)C)c2nc3c(Cl)cccc3s2)cc1. The maximum atomic E-state index is 13.1. The van der Waals surface area contributed by atoms with Crippen LogP contribution in [-0.4, -0.2) is 48.7 Å². The van der Waals surface area contributed by atoms with Crippen LogP contribution in [-0.2, 0) is 4.79 Å². The Morgan fingerprint density at radius 1 is 1.10 bits per heavy atom. The van der Waals surface area contributed by atoms with Gasteiger partial charge in [-0.05, 0) is 70.4 Å². The van der Waals surface area contributed by atoms with Gasteiger partial charge in [-0.3, -0.25) is 9.69 Å². The number of rotatable bonds is 10. The number of thioether (sulfide) groups is 1. The van der Waals surface area contributed by atoms with Gasteiger partial charge >= 0.3 is 0 Å². The fourth-order valence-corrected chi connectivity index (χ4v) is 5.24. The average Bonchev–Trinajstić information content (AvgIpc) is 3.15. The van der Waals surface area contributed by atoms with Crippen molar-refractivity contribution >= 4 is 56.0 Å². The van der Waals surface area contributed by atoms with E-state index in [1.54, 1.807) is 11.8 Å². The minimum absolute atomic E-state index is 0.133. The molecule has 0 radical (unpaired) electrons. The van der Waals surface area contributed by atoms with E-state index in [-0.39, 0.29) is 5.91 Å². The van der Waals surface area contributed by atoms with Gasteiger partial charge in [0.25, 0.3) is 0 Å². The number of carbonyl (C=O) groups excluding carboxylic acids is 1. The first-order chi connectivity index (χ1) is 14.4. The van der Waals surface area contributed by atoms with Crippen LogP contribution in [0.4, 0.5) is 5.13 Å². The maximum Gasteiger partial charge on any atom is 0.228 e. The maximum absolute atomic E-state index is 13.1. The lowest BCUT2D eigenvalue weighted by Gasteiger charge is -2.21. The van der Waals surface area contributed by atoms with E-state index < -0.39 is 0 Å². The summed E-state index contributed by atoms with van der Waals surface area (Å²) in [5.74, 6) is 1.06. The summed E-state index contributed by atoms with van der Waals surface area (Å²) in [7, 11) is 4.10. The fraction of sp³-hybridized carbons (Fsp3) is 0.391. The Morgan fingerprint density at radius 2 is 1.87 bits per heavy atom. The average molecular weight is 462 g/mol. The van der Waals surface area contributed by atoms with Gasteiger partial charge in [-0.15, -0.1) is 11.8 Å². The van der Waals surface area contributed by atoms with Crippen molar-refractivity contribution in [3.05, 3.63) is 53.1 Å². The Hall–Kier alpha value is -1.60. The van der Waals surface area contributed by atoms with Crippen molar-refractivity contribution in [2.45, 2.75) is 31.1 Å². The number of carbonyl (C=O) groups is 1. The highest BCUT2D eigenvalue weighted by Crippen LogP contribution is 2.33. The van der Waals surface area contributed by atoms with E-state index in [0.717, 1.165) is 40.5 Å². The van der Waals surface area contributed by atoms with Gasteiger partial charge in [-0.1, -0.05) is 46.7 Å². The lowest BCUT2D eigenvalue weighted by atomic mass is 10.2. The number of thiazole rings is 1. The second-order valence-electron chi connectivity index (χ2n) is 7.55. The lowest BCUT2D eigenvalue weighted by molar-refractivity contribution is -0.118. The van der Waals surface area contributed by atoms with Crippen molar-refractivity contribution in [2.75, 3.05) is 37.8 Å². The molecule has 3 rings (SSSR count). The number of aryl methyl sites for hydroxylation is 1. The third-order valence-electron chi connectivity index (χ3n) is 4.70. The van der Waals surface area contributed by atoms with Crippen LogP contribution in [0.15, 0.2) is 47.4 Å². The molecule has 30 heavy (non-hydrogen) atoms. The van der Waals surface area contributed by atoms with E-state index in [2.05, 4.69) is 41.1 Å². The summed E-state index contributed by atoms with van der Waals surface area (Å²) in [6.07, 6.45) is 2.26. The van der Waals surface area contributed by atoms with Crippen molar-refractivity contribution in [3.8, 4) is 0 Å². The van der Waals surface area contributed by atoms with E-state index in [9.17, 15) is 4.79 Å². The lowest BCUT2D eigenvalue weighted by Crippen LogP contribution is -2.33. The van der Waals surface area contributed by atoms with Gasteiger partial charge in [0, 0.05) is 17.9 Å². The number of amides is 1. The Bertz CT molecular complexity index is 972. The van der Waals surface area contributed by atoms with Crippen LogP contribution in [0, 0.1) is 6.92 Å². The Kier molecular flexibility index (Phi) is 8.57. The molecule has 0 fully saturated rings. The molecule has 0 saturated heterocycles. The van der Waals surface area contributed by atoms with Crippen LogP contribution in [0.25, 0.3) is 10.2 Å². The summed E-state index contributed by atoms with van der Waals surface area (Å²) in [6.45, 7) is 3.69. The van der Waals surface area contributed by atoms with Crippen molar-refractivity contribution < 1.29 is 4.79 Å². The zero-order valence-corrected chi connectivity index (χ0v) is 20.1. The van der Waals surface area contributed by atoms with E-state index in [4.69, 9.17) is 11.6 Å². The molecule has 0 aliphatic rings. The predicted octanol–water partition coefficient (Wildman–Crippen LogP) is 6.12. The smallest absolute Gasteiger partial charge is 0.228 e. The van der Waals surface area contributed by atoms with E-state index in [1.165, 1.54) is 21.8 Å². The number of aromatic nitrogens is 1. The van der Waals surface area contributed by atoms with Gasteiger partial charge in [0.2, 0.25) is 5.91 Å². The Labute approximate surface area is 192 Å². The monoisotopic (exact) mass is 461 g/mol. The van der Waals surface area contributed by atoms with E-state index in [0.29, 0.717) is 18.0 Å². The fourth-order valence-electron chi connectivity index (χ4n) is 3.07. The number of hydrogen-bond acceptors (Lipinski definition) is 5. The first-order valence-corrected chi connectivity index (χ1v) is 12.3. The number of para-hydroxylation sites is 1. The standard InChI is InChI=1S/C23H28ClN3OS2/c1-17-10-12-18(13-11-17)29-16-5-9-21(28)27(15-6-14-26(2)3)23-25-22-19(24)7-4-8-20(22)30-23/h4,7-8,10-13H,5-6,9,14-16H2,1-3H3. The van der Waals surface area contributed by atoms with Crippen LogP contribution in [0.3, 0.4) is 0 Å². The molecule has 3 aromatic rings. The number of hydrogen-bond donors (Lipinski definition) is 0. The molecule has 0 bridgehead atoms. The van der Waals surface area contributed by atoms with Crippen molar-refractivity contribution in [1.82, 2.24) is 9.88 Å². The van der Waals surface area contributed by atoms with Crippen LogP contribution >= 0.6 is 34.7 Å². The molecule has 1 aromatic heterocycles. The molecule has 1 heterocycles. The Morgan fingerprint density at radius 3 is 2.57 bits per heavy atom. The van der Waals surface area contributed by atoms with Gasteiger partial charge in [0.15, 0.2) is 5.13 Å². The van der Waals surface area contributed by atoms with Crippen LogP contribution in [0.5, 0.6) is 0 Å². The first-order valence-electron chi connectivity index (χ1n) is 10.1. The highest BCUT2D eigenvalue weighted by molar-refractivity contribution is 7.99. The highest BCUT2D eigenvalue weighted by Gasteiger charge is 2.20. The molecule has 4 nitrogen and oxygen atoms in total. The second-order valence-corrected chi connectivity index (χ2v) is 10.1. The van der Waals surface area contributed by atoms with Gasteiger partial charge in [-0.2, -0.15) is 0 Å². The second kappa shape index (κ2) is 11.1. The van der Waals surface area contributed by atoms with E-state index >= 15 is 0 Å². The molecule has 0 aliphatic carbocycles. The molecular formula is C23H28ClN3OS2. The Balaban J connectivity index is 1.63. The molecule has 1 amide bonds. The largest absolute Gasteiger partial charge is 0.309 e. The number of anilines is 1. The number of benzene rings is 2. The summed E-state index contributed by atoms with van der Waals surface area (Å²) in [5, 5.41) is 1.37. The molecule has 0 atom stereocenters. The van der Waals surface area contributed by atoms with Crippen molar-refractivity contribution in [1.29, 1.82) is 0 Å². The molecule has 2 aromatic carbocycles. The summed E-state index contributed by atoms with van der Waals surface area (Å²) >= 11 is 9.64. The van der Waals surface area contributed by atoms with Crippen LogP contribution in [0.2, 0.25) is 5.02 Å². The molecule has 0 N–H and O–H groups in total. The normalized spacial score (nSPS) is 11.4. The number of fused-ring (bicyclic) bond motifs is 1. The molecule has 0 spiro atoms. The molecule has 7 heteroatoms. The quantitative estimate of drug-likeness (QED) is 0.269. The summed E-state index contributed by atoms with van der Waals surface area (Å²) in [6, 6.07) is 14.3. The third kappa shape index (κ3) is 6.45. The van der Waals surface area contributed by atoms with Crippen molar-refractivity contribution in [2.24, 2.45) is 0 Å². The number of halogens is 1. The van der Waals surface area contributed by atoms with E-state index in [1.807, 2.05) is 37.2 Å². The predicted molar refractivity (Wildman–Crippen MR) is 131 cm³/mol. The number of nitrogens with zero attached hydrogens (tertiary/aromatic N) is 3. The molecule has 0 unspecified atom stereocenters. The minimum Gasteiger partial charge on any atom is -0.309 e. The van der Waals surface area contributed by atoms with Crippen LogP contribution in [0.1, 0.15) is 24.8 Å². The highest BCUT2D eigenvalue weighted by atomic mass is 35.5. The van der Waals surface area contributed by atoms with Gasteiger partial charge in [0.05, 0.1) is 9.72 Å².